The van der Waals surface area contributed by atoms with Crippen molar-refractivity contribution >= 4 is 17.7 Å². The van der Waals surface area contributed by atoms with Crippen molar-refractivity contribution in [2.75, 3.05) is 11.9 Å². The Morgan fingerprint density at radius 2 is 1.35 bits per heavy atom. The smallest absolute Gasteiger partial charge is 0.372 e. The Labute approximate surface area is 197 Å². The van der Waals surface area contributed by atoms with Gasteiger partial charge in [-0.25, -0.2) is 9.78 Å². The standard InChI is InChI=1S/C27H24N4O3/c1-30-23(17-28-24(30)26(33)34)29-25(32)22-18-31(22)27(19-11-5-2-6-12-19,20-13-7-3-8-14-20)21-15-9-4-10-16-21/h2-17,22H,18H2,1H3,(H,29,32)(H,33,34). The van der Waals surface area contributed by atoms with Crippen LogP contribution in [0, 0.1) is 0 Å². The molecule has 1 fully saturated rings. The summed E-state index contributed by atoms with van der Waals surface area (Å²) >= 11 is 0. The van der Waals surface area contributed by atoms with Crippen molar-refractivity contribution < 1.29 is 14.7 Å². The van der Waals surface area contributed by atoms with Crippen molar-refractivity contribution in [1.82, 2.24) is 14.5 Å². The molecule has 1 saturated heterocycles. The fourth-order valence-electron chi connectivity index (χ4n) is 4.70. The van der Waals surface area contributed by atoms with Crippen molar-refractivity contribution in [2.45, 2.75) is 11.6 Å². The molecule has 0 aliphatic carbocycles. The number of benzene rings is 3. The molecule has 0 bridgehead atoms. The number of imidazole rings is 1. The molecule has 7 heteroatoms. The summed E-state index contributed by atoms with van der Waals surface area (Å²) in [6.45, 7) is 0.550. The van der Waals surface area contributed by atoms with Gasteiger partial charge in [0, 0.05) is 13.6 Å². The molecule has 5 rings (SSSR count). The second-order valence-corrected chi connectivity index (χ2v) is 8.30. The first-order valence-corrected chi connectivity index (χ1v) is 11.0. The third-order valence-corrected chi connectivity index (χ3v) is 6.35. The Kier molecular flexibility index (Phi) is 5.47. The highest BCUT2D eigenvalue weighted by Gasteiger charge is 2.56. The summed E-state index contributed by atoms with van der Waals surface area (Å²) in [5.74, 6) is -1.13. The minimum Gasteiger partial charge on any atom is -0.475 e. The molecule has 7 nitrogen and oxygen atoms in total. The van der Waals surface area contributed by atoms with Crippen LogP contribution in [0.2, 0.25) is 0 Å². The number of aromatic carboxylic acids is 1. The number of hydrogen-bond donors (Lipinski definition) is 2. The lowest BCUT2D eigenvalue weighted by molar-refractivity contribution is -0.116. The van der Waals surface area contributed by atoms with Crippen LogP contribution >= 0.6 is 0 Å². The molecular formula is C27H24N4O3. The summed E-state index contributed by atoms with van der Waals surface area (Å²) in [7, 11) is 1.57. The van der Waals surface area contributed by atoms with Gasteiger partial charge < -0.3 is 15.0 Å². The van der Waals surface area contributed by atoms with Gasteiger partial charge in [0.05, 0.1) is 11.7 Å². The SMILES string of the molecule is Cn1c(NC(=O)C2CN2C(c2ccccc2)(c2ccccc2)c2ccccc2)cnc1C(=O)O. The van der Waals surface area contributed by atoms with Gasteiger partial charge in [-0.3, -0.25) is 9.69 Å². The van der Waals surface area contributed by atoms with Gasteiger partial charge in [-0.15, -0.1) is 0 Å². The van der Waals surface area contributed by atoms with Crippen LogP contribution in [0.3, 0.4) is 0 Å². The van der Waals surface area contributed by atoms with E-state index in [0.717, 1.165) is 16.7 Å². The van der Waals surface area contributed by atoms with E-state index in [1.165, 1.54) is 10.8 Å². The van der Waals surface area contributed by atoms with Gasteiger partial charge in [0.2, 0.25) is 11.7 Å². The minimum absolute atomic E-state index is 0.129. The number of anilines is 1. The summed E-state index contributed by atoms with van der Waals surface area (Å²) in [5, 5.41) is 12.1. The quantitative estimate of drug-likeness (QED) is 0.330. The first-order chi connectivity index (χ1) is 16.5. The molecule has 170 valence electrons. The maximum atomic E-state index is 13.3. The number of carboxylic acid groups (broad SMARTS) is 1. The normalized spacial score (nSPS) is 17.2. The molecule has 3 aromatic carbocycles. The van der Waals surface area contributed by atoms with E-state index in [1.54, 1.807) is 7.05 Å². The van der Waals surface area contributed by atoms with Crippen LogP contribution in [0.5, 0.6) is 0 Å². The van der Waals surface area contributed by atoms with Crippen molar-refractivity contribution in [3.05, 3.63) is 120 Å². The van der Waals surface area contributed by atoms with Gasteiger partial charge in [-0.05, 0) is 16.7 Å². The number of amides is 1. The van der Waals surface area contributed by atoms with E-state index in [2.05, 4.69) is 51.6 Å². The number of nitrogens with one attached hydrogen (secondary N) is 1. The number of carbonyl (C=O) groups is 2. The van der Waals surface area contributed by atoms with Crippen molar-refractivity contribution in [1.29, 1.82) is 0 Å². The van der Waals surface area contributed by atoms with E-state index < -0.39 is 17.6 Å². The second-order valence-electron chi connectivity index (χ2n) is 8.30. The Morgan fingerprint density at radius 3 is 1.76 bits per heavy atom. The van der Waals surface area contributed by atoms with E-state index in [-0.39, 0.29) is 11.7 Å². The summed E-state index contributed by atoms with van der Waals surface area (Å²) in [6.07, 6.45) is 1.37. The van der Waals surface area contributed by atoms with Gasteiger partial charge in [0.1, 0.15) is 11.9 Å². The summed E-state index contributed by atoms with van der Waals surface area (Å²) in [5.41, 5.74) is 2.54. The number of carbonyl (C=O) groups excluding carboxylic acids is 1. The highest BCUT2D eigenvalue weighted by molar-refractivity contribution is 5.97. The van der Waals surface area contributed by atoms with Crippen LogP contribution in [-0.4, -0.2) is 44.0 Å². The largest absolute Gasteiger partial charge is 0.475 e. The first kappa shape index (κ1) is 21.6. The van der Waals surface area contributed by atoms with Crippen LogP contribution in [0.1, 0.15) is 27.3 Å². The van der Waals surface area contributed by atoms with E-state index in [1.807, 2.05) is 54.6 Å². The summed E-state index contributed by atoms with van der Waals surface area (Å²) in [4.78, 5) is 30.7. The third kappa shape index (κ3) is 3.56. The van der Waals surface area contributed by atoms with E-state index in [9.17, 15) is 14.7 Å². The zero-order valence-electron chi connectivity index (χ0n) is 18.6. The third-order valence-electron chi connectivity index (χ3n) is 6.35. The molecule has 2 atom stereocenters. The molecule has 4 aromatic rings. The monoisotopic (exact) mass is 452 g/mol. The zero-order valence-corrected chi connectivity index (χ0v) is 18.6. The molecule has 1 amide bonds. The fourth-order valence-corrected chi connectivity index (χ4v) is 4.70. The molecular weight excluding hydrogens is 428 g/mol. The van der Waals surface area contributed by atoms with Crippen molar-refractivity contribution in [3.63, 3.8) is 0 Å². The molecule has 34 heavy (non-hydrogen) atoms. The number of aromatic nitrogens is 2. The van der Waals surface area contributed by atoms with Gasteiger partial charge in [-0.1, -0.05) is 91.0 Å². The topological polar surface area (TPSA) is 87.2 Å². The van der Waals surface area contributed by atoms with Crippen LogP contribution in [-0.2, 0) is 17.4 Å². The van der Waals surface area contributed by atoms with E-state index in [0.29, 0.717) is 12.4 Å². The Hall–Kier alpha value is -4.23. The molecule has 2 N–H and O–H groups in total. The lowest BCUT2D eigenvalue weighted by atomic mass is 9.76. The van der Waals surface area contributed by atoms with Crippen molar-refractivity contribution in [3.8, 4) is 0 Å². The Morgan fingerprint density at radius 1 is 0.882 bits per heavy atom. The van der Waals surface area contributed by atoms with Crippen LogP contribution in [0.4, 0.5) is 5.82 Å². The predicted octanol–water partition coefficient (Wildman–Crippen LogP) is 3.73. The van der Waals surface area contributed by atoms with E-state index >= 15 is 0 Å². The predicted molar refractivity (Wildman–Crippen MR) is 128 cm³/mol. The lowest BCUT2D eigenvalue weighted by Crippen LogP contribution is -2.40. The Balaban J connectivity index is 1.56. The van der Waals surface area contributed by atoms with Crippen LogP contribution in [0.25, 0.3) is 0 Å². The molecule has 2 unspecified atom stereocenters. The highest BCUT2D eigenvalue weighted by atomic mass is 16.4. The van der Waals surface area contributed by atoms with Gasteiger partial charge in [0.25, 0.3) is 0 Å². The molecule has 1 aliphatic heterocycles. The molecule has 1 aliphatic rings. The molecule has 0 radical (unpaired) electrons. The fraction of sp³-hybridized carbons (Fsp3) is 0.148. The van der Waals surface area contributed by atoms with Crippen LogP contribution < -0.4 is 5.32 Å². The number of nitrogens with zero attached hydrogens (tertiary/aromatic N) is 3. The minimum atomic E-state index is -1.15. The van der Waals surface area contributed by atoms with Gasteiger partial charge in [-0.2, -0.15) is 0 Å². The summed E-state index contributed by atoms with van der Waals surface area (Å²) < 4.78 is 1.37. The number of rotatable bonds is 7. The average Bonchev–Trinajstić information content (AvgIpc) is 3.59. The maximum absolute atomic E-state index is 13.3. The lowest BCUT2D eigenvalue weighted by Gasteiger charge is -2.38. The average molecular weight is 453 g/mol. The first-order valence-electron chi connectivity index (χ1n) is 11.0. The molecule has 0 saturated carbocycles. The zero-order chi connectivity index (χ0) is 23.7. The second kappa shape index (κ2) is 8.61. The number of hydrogen-bond acceptors (Lipinski definition) is 4. The molecule has 0 spiro atoms. The maximum Gasteiger partial charge on any atom is 0.372 e. The molecule has 1 aromatic heterocycles. The number of carboxylic acids is 1. The Bertz CT molecular complexity index is 1220. The molecule has 2 heterocycles. The highest BCUT2D eigenvalue weighted by Crippen LogP contribution is 2.48. The van der Waals surface area contributed by atoms with Gasteiger partial charge >= 0.3 is 5.97 Å². The van der Waals surface area contributed by atoms with Crippen LogP contribution in [0.15, 0.2) is 97.2 Å². The van der Waals surface area contributed by atoms with Gasteiger partial charge in [0.15, 0.2) is 0 Å². The van der Waals surface area contributed by atoms with E-state index in [4.69, 9.17) is 0 Å². The van der Waals surface area contributed by atoms with Crippen molar-refractivity contribution in [2.24, 2.45) is 7.05 Å². The summed E-state index contributed by atoms with van der Waals surface area (Å²) in [6, 6.07) is 30.2.